The molecule has 0 N–H and O–H groups in total. The van der Waals surface area contributed by atoms with Crippen LogP contribution in [-0.2, 0) is 23.1 Å². The Kier molecular flexibility index (Phi) is 9.87. The molecule has 7 heteroatoms. The normalized spacial score (nSPS) is 12.4. The number of hydrogen-bond acceptors (Lipinski definition) is 2. The van der Waals surface area contributed by atoms with E-state index in [1.54, 1.807) is 16.4 Å². The average molecular weight is 563 g/mol. The van der Waals surface area contributed by atoms with Crippen LogP contribution < -0.4 is 0 Å². The lowest BCUT2D eigenvalue weighted by atomic mass is 10.1. The lowest BCUT2D eigenvalue weighted by Crippen LogP contribution is -2.40. The lowest BCUT2D eigenvalue weighted by molar-refractivity contribution is -0.903. The summed E-state index contributed by atoms with van der Waals surface area (Å²) in [5.41, 5.74) is 7.07. The third-order valence-corrected chi connectivity index (χ3v) is 9.31. The van der Waals surface area contributed by atoms with Gasteiger partial charge in [-0.1, -0.05) is 87.9 Å². The largest absolute Gasteiger partial charge is 0.325 e. The van der Waals surface area contributed by atoms with Crippen LogP contribution in [0.2, 0.25) is 10.0 Å². The van der Waals surface area contributed by atoms with Crippen molar-refractivity contribution in [3.05, 3.63) is 98.0 Å². The van der Waals surface area contributed by atoms with E-state index in [9.17, 15) is 8.42 Å². The quantitative estimate of drug-likeness (QED) is 0.180. The number of hydrogen-bond donors (Lipinski definition) is 0. The first-order valence-corrected chi connectivity index (χ1v) is 14.9. The van der Waals surface area contributed by atoms with Gasteiger partial charge >= 0.3 is 0 Å². The van der Waals surface area contributed by atoms with Crippen molar-refractivity contribution in [1.82, 2.24) is 4.31 Å². The molecule has 0 bridgehead atoms. The summed E-state index contributed by atoms with van der Waals surface area (Å²) in [6, 6.07) is 17.6. The summed E-state index contributed by atoms with van der Waals surface area (Å²) in [5, 5.41) is 0.306. The summed E-state index contributed by atoms with van der Waals surface area (Å²) in [7, 11) is 0.619. The molecule has 0 saturated heterocycles. The molecule has 0 amide bonds. The van der Waals surface area contributed by atoms with Crippen LogP contribution >= 0.6 is 23.2 Å². The second-order valence-electron chi connectivity index (χ2n) is 10.9. The van der Waals surface area contributed by atoms with E-state index in [1.807, 2.05) is 26.0 Å². The van der Waals surface area contributed by atoms with Gasteiger partial charge < -0.3 is 4.48 Å². The molecule has 0 aliphatic heterocycles. The molecule has 4 nitrogen and oxygen atoms in total. The van der Waals surface area contributed by atoms with Gasteiger partial charge in [-0.25, -0.2) is 8.42 Å². The Morgan fingerprint density at radius 1 is 0.784 bits per heavy atom. The average Bonchev–Trinajstić information content (AvgIpc) is 2.75. The number of rotatable bonds is 11. The predicted octanol–water partition coefficient (Wildman–Crippen LogP) is 7.47. The lowest BCUT2D eigenvalue weighted by Gasteiger charge is -2.31. The summed E-state index contributed by atoms with van der Waals surface area (Å²) >= 11 is 12.5. The Balaban J connectivity index is 1.75. The van der Waals surface area contributed by atoms with E-state index in [-0.39, 0.29) is 21.5 Å². The Morgan fingerprint density at radius 3 is 1.89 bits per heavy atom. The van der Waals surface area contributed by atoms with Gasteiger partial charge in [0.05, 0.1) is 30.7 Å². The van der Waals surface area contributed by atoms with Crippen LogP contribution in [0.4, 0.5) is 0 Å². The van der Waals surface area contributed by atoms with Crippen molar-refractivity contribution in [2.45, 2.75) is 58.5 Å². The van der Waals surface area contributed by atoms with Crippen molar-refractivity contribution in [2.24, 2.45) is 0 Å². The number of aryl methyl sites for hydroxylation is 4. The van der Waals surface area contributed by atoms with E-state index in [1.165, 1.54) is 22.8 Å². The minimum Gasteiger partial charge on any atom is -0.325 e. The Labute approximate surface area is 233 Å². The maximum atomic E-state index is 13.8. The molecule has 0 atom stereocenters. The molecule has 0 fully saturated rings. The molecule has 0 unspecified atom stereocenters. The smallest absolute Gasteiger partial charge is 0.244 e. The van der Waals surface area contributed by atoms with Gasteiger partial charge in [0.25, 0.3) is 0 Å². The highest BCUT2D eigenvalue weighted by atomic mass is 35.5. The Bertz CT molecular complexity index is 1310. The van der Waals surface area contributed by atoms with Crippen LogP contribution in [0, 0.1) is 27.7 Å². The van der Waals surface area contributed by atoms with Gasteiger partial charge in [0, 0.05) is 18.7 Å². The molecule has 3 aromatic rings. The van der Waals surface area contributed by atoms with Crippen LogP contribution in [0.15, 0.2) is 59.5 Å². The number of quaternary nitrogens is 1. The molecule has 0 aliphatic rings. The fourth-order valence-electron chi connectivity index (χ4n) is 5.03. The molecular formula is C30H39Cl2N2O2S+. The minimum atomic E-state index is -3.84. The van der Waals surface area contributed by atoms with E-state index in [4.69, 9.17) is 23.2 Å². The minimum absolute atomic E-state index is 0.0528. The molecule has 0 aromatic heterocycles. The van der Waals surface area contributed by atoms with E-state index < -0.39 is 10.0 Å². The molecule has 0 heterocycles. The molecule has 0 saturated carbocycles. The summed E-state index contributed by atoms with van der Waals surface area (Å²) < 4.78 is 29.9. The molecular weight excluding hydrogens is 523 g/mol. The van der Waals surface area contributed by atoms with E-state index in [0.717, 1.165) is 47.1 Å². The van der Waals surface area contributed by atoms with Crippen LogP contribution in [0.5, 0.6) is 0 Å². The fraction of sp³-hybridized carbons (Fsp3) is 0.400. The number of unbranched alkanes of at least 4 members (excludes halogenated alkanes) is 1. The van der Waals surface area contributed by atoms with Gasteiger partial charge in [0.1, 0.15) is 11.4 Å². The van der Waals surface area contributed by atoms with Gasteiger partial charge in [-0.15, -0.1) is 0 Å². The van der Waals surface area contributed by atoms with Gasteiger partial charge in [0.15, 0.2) is 0 Å². The first-order valence-electron chi connectivity index (χ1n) is 12.7. The second kappa shape index (κ2) is 12.3. The summed E-state index contributed by atoms with van der Waals surface area (Å²) in [5.74, 6) is 0. The molecule has 0 aliphatic carbocycles. The number of sulfonamides is 1. The van der Waals surface area contributed by atoms with Gasteiger partial charge in [-0.05, 0) is 58.2 Å². The van der Waals surface area contributed by atoms with E-state index in [2.05, 4.69) is 52.2 Å². The summed E-state index contributed by atoms with van der Waals surface area (Å²) in [6.45, 7) is 10.9. The monoisotopic (exact) mass is 561 g/mol. The van der Waals surface area contributed by atoms with Crippen LogP contribution in [0.1, 0.15) is 46.2 Å². The highest BCUT2D eigenvalue weighted by Gasteiger charge is 2.28. The van der Waals surface area contributed by atoms with Crippen LogP contribution in [0.25, 0.3) is 0 Å². The highest BCUT2D eigenvalue weighted by molar-refractivity contribution is 7.89. The standard InChI is InChI=1S/C30H39Cl2N2O2S/c1-22-14-23(2)17-26(16-22)20-33(37(35,36)29-11-9-10-28(31)30(29)32)12-7-8-13-34(5,6)21-27-18-24(3)15-25(4)19-27/h9-11,14-19H,7-8,12-13,20-21H2,1-6H3/q+1. The third kappa shape index (κ3) is 8.30. The Morgan fingerprint density at radius 2 is 1.32 bits per heavy atom. The summed E-state index contributed by atoms with van der Waals surface area (Å²) in [6.07, 6.45) is 1.65. The van der Waals surface area contributed by atoms with Crippen molar-refractivity contribution in [1.29, 1.82) is 0 Å². The third-order valence-electron chi connectivity index (χ3n) is 6.49. The zero-order chi connectivity index (χ0) is 27.4. The maximum Gasteiger partial charge on any atom is 0.244 e. The molecule has 3 rings (SSSR count). The van der Waals surface area contributed by atoms with Crippen molar-refractivity contribution in [2.75, 3.05) is 27.2 Å². The fourth-order valence-corrected chi connectivity index (χ4v) is 7.23. The first-order chi connectivity index (χ1) is 17.3. The van der Waals surface area contributed by atoms with Crippen LogP contribution in [-0.4, -0.2) is 44.4 Å². The molecule has 37 heavy (non-hydrogen) atoms. The number of halogens is 2. The van der Waals surface area contributed by atoms with E-state index in [0.29, 0.717) is 6.54 Å². The van der Waals surface area contributed by atoms with Crippen molar-refractivity contribution < 1.29 is 12.9 Å². The number of benzene rings is 3. The summed E-state index contributed by atoms with van der Waals surface area (Å²) in [4.78, 5) is 0.0528. The molecule has 3 aromatic carbocycles. The highest BCUT2D eigenvalue weighted by Crippen LogP contribution is 2.32. The maximum absolute atomic E-state index is 13.8. The van der Waals surface area contributed by atoms with Gasteiger partial charge in [-0.2, -0.15) is 4.31 Å². The SMILES string of the molecule is Cc1cc(C)cc(CN(CCCC[N+](C)(C)Cc2cc(C)cc(C)c2)S(=O)(=O)c2cccc(Cl)c2Cl)c1. The second-order valence-corrected chi connectivity index (χ2v) is 13.6. The zero-order valence-corrected chi connectivity index (χ0v) is 25.1. The van der Waals surface area contributed by atoms with Crippen molar-refractivity contribution in [3.63, 3.8) is 0 Å². The van der Waals surface area contributed by atoms with Crippen molar-refractivity contribution in [3.8, 4) is 0 Å². The van der Waals surface area contributed by atoms with E-state index >= 15 is 0 Å². The first kappa shape index (κ1) is 29.7. The van der Waals surface area contributed by atoms with Crippen molar-refractivity contribution >= 4 is 33.2 Å². The topological polar surface area (TPSA) is 37.4 Å². The van der Waals surface area contributed by atoms with Gasteiger partial charge in [0.2, 0.25) is 10.0 Å². The van der Waals surface area contributed by atoms with Crippen LogP contribution in [0.3, 0.4) is 0 Å². The predicted molar refractivity (Wildman–Crippen MR) is 156 cm³/mol. The van der Waals surface area contributed by atoms with Gasteiger partial charge in [-0.3, -0.25) is 0 Å². The Hall–Kier alpha value is -1.89. The molecule has 0 radical (unpaired) electrons. The number of nitrogens with zero attached hydrogens (tertiary/aromatic N) is 2. The molecule has 0 spiro atoms. The zero-order valence-electron chi connectivity index (χ0n) is 22.8. The molecule has 200 valence electrons.